The molecule has 0 aliphatic carbocycles. The Morgan fingerprint density at radius 3 is 2.47 bits per heavy atom. The van der Waals surface area contributed by atoms with Gasteiger partial charge >= 0.3 is 0 Å². The summed E-state index contributed by atoms with van der Waals surface area (Å²) in [5.74, 6) is 0.156. The van der Waals surface area contributed by atoms with Gasteiger partial charge in [0, 0.05) is 30.1 Å². The predicted octanol–water partition coefficient (Wildman–Crippen LogP) is 4.31. The van der Waals surface area contributed by atoms with Crippen molar-refractivity contribution >= 4 is 39.8 Å². The highest BCUT2D eigenvalue weighted by Crippen LogP contribution is 2.20. The zero-order chi connectivity index (χ0) is 22.3. The second-order valence-electron chi connectivity index (χ2n) is 8.12. The minimum atomic E-state index is -3.18. The highest BCUT2D eigenvalue weighted by Gasteiger charge is 2.21. The van der Waals surface area contributed by atoms with Crippen LogP contribution in [0.1, 0.15) is 46.3 Å². The first-order valence-electron chi connectivity index (χ1n) is 10.9. The quantitative estimate of drug-likeness (QED) is 0.391. The summed E-state index contributed by atoms with van der Waals surface area (Å²) in [7, 11) is -3.18. The van der Waals surface area contributed by atoms with Crippen LogP contribution in [0.4, 0.5) is 0 Å². The van der Waals surface area contributed by atoms with Crippen molar-refractivity contribution < 1.29 is 13.2 Å². The number of carbonyl (C=O) groups is 1. The Balaban J connectivity index is 0.00000363. The molecule has 2 aromatic carbocycles. The number of fused-ring (bicyclic) bond motifs is 1. The summed E-state index contributed by atoms with van der Waals surface area (Å²) in [5, 5.41) is 4.22. The summed E-state index contributed by atoms with van der Waals surface area (Å²) in [4.78, 5) is 12.6. The standard InChI is InChI=1S/C24H31ClN2O3S.ClH/c1-31(29,30)27-16-12-19-9-10-22(18-21(19)13-17-27)24(28)8-4-5-14-26-15-11-20-6-2-3-7-23(20)25;/h2-3,6-7,9-10,18,26H,4-5,8,11-17H2,1H3;1H. The maximum absolute atomic E-state index is 12.6. The third kappa shape index (κ3) is 7.85. The van der Waals surface area contributed by atoms with E-state index in [2.05, 4.69) is 5.32 Å². The van der Waals surface area contributed by atoms with Crippen molar-refractivity contribution in [3.63, 3.8) is 0 Å². The van der Waals surface area contributed by atoms with Gasteiger partial charge in [0.1, 0.15) is 0 Å². The molecule has 1 aliphatic rings. The Bertz CT molecular complexity index is 1010. The van der Waals surface area contributed by atoms with Crippen molar-refractivity contribution in [2.24, 2.45) is 0 Å². The monoisotopic (exact) mass is 498 g/mol. The molecule has 0 unspecified atom stereocenters. The van der Waals surface area contributed by atoms with Crippen LogP contribution >= 0.6 is 24.0 Å². The number of Topliss-reactive ketones (excluding diaryl/α,β-unsaturated/α-hetero) is 1. The van der Waals surface area contributed by atoms with Crippen molar-refractivity contribution in [2.45, 2.75) is 38.5 Å². The molecule has 176 valence electrons. The molecule has 8 heteroatoms. The van der Waals surface area contributed by atoms with E-state index in [-0.39, 0.29) is 18.2 Å². The van der Waals surface area contributed by atoms with Crippen LogP contribution in [0.5, 0.6) is 0 Å². The summed E-state index contributed by atoms with van der Waals surface area (Å²) in [5.41, 5.74) is 4.12. The van der Waals surface area contributed by atoms with Crippen molar-refractivity contribution in [3.8, 4) is 0 Å². The van der Waals surface area contributed by atoms with E-state index >= 15 is 0 Å². The molecule has 2 aromatic rings. The lowest BCUT2D eigenvalue weighted by Crippen LogP contribution is -2.32. The van der Waals surface area contributed by atoms with E-state index in [1.54, 1.807) is 0 Å². The summed E-state index contributed by atoms with van der Waals surface area (Å²) in [6, 6.07) is 13.7. The van der Waals surface area contributed by atoms with Crippen LogP contribution < -0.4 is 5.32 Å². The summed E-state index contributed by atoms with van der Waals surface area (Å²) >= 11 is 6.17. The predicted molar refractivity (Wildman–Crippen MR) is 134 cm³/mol. The van der Waals surface area contributed by atoms with Crippen LogP contribution in [0, 0.1) is 0 Å². The number of hydrogen-bond donors (Lipinski definition) is 1. The normalized spacial score (nSPS) is 14.3. The number of sulfonamides is 1. The van der Waals surface area contributed by atoms with E-state index in [9.17, 15) is 13.2 Å². The van der Waals surface area contributed by atoms with Crippen molar-refractivity contribution in [3.05, 3.63) is 69.7 Å². The molecule has 0 radical (unpaired) electrons. The lowest BCUT2D eigenvalue weighted by atomic mass is 9.97. The zero-order valence-electron chi connectivity index (χ0n) is 18.5. The zero-order valence-corrected chi connectivity index (χ0v) is 20.9. The van der Waals surface area contributed by atoms with Crippen LogP contribution in [0.25, 0.3) is 0 Å². The largest absolute Gasteiger partial charge is 0.316 e. The Labute approximate surface area is 203 Å². The number of halogens is 2. The van der Waals surface area contributed by atoms with E-state index in [0.29, 0.717) is 32.4 Å². The molecule has 0 aromatic heterocycles. The molecule has 5 nitrogen and oxygen atoms in total. The SMILES string of the molecule is CS(=O)(=O)N1CCc2ccc(C(=O)CCCCNCCc3ccccc3Cl)cc2CC1.Cl. The third-order valence-corrected chi connectivity index (χ3v) is 7.47. The Hall–Kier alpha value is -1.44. The number of carbonyl (C=O) groups excluding carboxylic acids is 1. The average molecular weight is 500 g/mol. The molecule has 0 saturated heterocycles. The van der Waals surface area contributed by atoms with Gasteiger partial charge in [0.25, 0.3) is 0 Å². The topological polar surface area (TPSA) is 66.5 Å². The molecule has 3 rings (SSSR count). The average Bonchev–Trinajstić information content (AvgIpc) is 2.96. The second-order valence-corrected chi connectivity index (χ2v) is 10.5. The Morgan fingerprint density at radius 2 is 1.75 bits per heavy atom. The fourth-order valence-corrected chi connectivity index (χ4v) is 5.01. The minimum Gasteiger partial charge on any atom is -0.316 e. The van der Waals surface area contributed by atoms with E-state index in [0.717, 1.165) is 59.6 Å². The van der Waals surface area contributed by atoms with Gasteiger partial charge in [-0.05, 0) is 74.0 Å². The Morgan fingerprint density at radius 1 is 1.03 bits per heavy atom. The summed E-state index contributed by atoms with van der Waals surface area (Å²) in [6.45, 7) is 2.72. The van der Waals surface area contributed by atoms with Gasteiger partial charge in [0.05, 0.1) is 6.26 Å². The van der Waals surface area contributed by atoms with Gasteiger partial charge in [-0.25, -0.2) is 12.7 Å². The van der Waals surface area contributed by atoms with E-state index < -0.39 is 10.0 Å². The van der Waals surface area contributed by atoms with Crippen molar-refractivity contribution in [1.29, 1.82) is 0 Å². The van der Waals surface area contributed by atoms with Gasteiger partial charge in [-0.15, -0.1) is 12.4 Å². The van der Waals surface area contributed by atoms with E-state index in [1.165, 1.54) is 10.6 Å². The maximum atomic E-state index is 12.6. The van der Waals surface area contributed by atoms with E-state index in [1.807, 2.05) is 42.5 Å². The molecule has 0 saturated carbocycles. The van der Waals surface area contributed by atoms with Gasteiger partial charge < -0.3 is 5.32 Å². The van der Waals surface area contributed by atoms with E-state index in [4.69, 9.17) is 11.6 Å². The van der Waals surface area contributed by atoms with Crippen LogP contribution in [-0.4, -0.2) is 50.9 Å². The molecule has 0 spiro atoms. The highest BCUT2D eigenvalue weighted by atomic mass is 35.5. The second kappa shape index (κ2) is 12.7. The number of nitrogens with one attached hydrogen (secondary N) is 1. The smallest absolute Gasteiger partial charge is 0.211 e. The lowest BCUT2D eigenvalue weighted by molar-refractivity contribution is 0.0979. The summed E-state index contributed by atoms with van der Waals surface area (Å²) < 4.78 is 25.2. The molecule has 0 bridgehead atoms. The number of hydrogen-bond acceptors (Lipinski definition) is 4. The lowest BCUT2D eigenvalue weighted by Gasteiger charge is -2.16. The number of rotatable bonds is 10. The van der Waals surface area contributed by atoms with Gasteiger partial charge in [-0.2, -0.15) is 0 Å². The van der Waals surface area contributed by atoms with Gasteiger partial charge in [-0.3, -0.25) is 4.79 Å². The maximum Gasteiger partial charge on any atom is 0.211 e. The fourth-order valence-electron chi connectivity index (χ4n) is 3.94. The fraction of sp³-hybridized carbons (Fsp3) is 0.458. The highest BCUT2D eigenvalue weighted by molar-refractivity contribution is 7.88. The number of unbranched alkanes of at least 4 members (excludes halogenated alkanes) is 1. The Kier molecular flexibility index (Phi) is 10.6. The minimum absolute atomic E-state index is 0. The van der Waals surface area contributed by atoms with Crippen LogP contribution in [-0.2, 0) is 29.3 Å². The van der Waals surface area contributed by atoms with Gasteiger partial charge in [-0.1, -0.05) is 41.9 Å². The van der Waals surface area contributed by atoms with Gasteiger partial charge in [0.2, 0.25) is 10.0 Å². The molecule has 0 atom stereocenters. The molecular formula is C24H32Cl2N2O3S. The third-order valence-electron chi connectivity index (χ3n) is 5.79. The van der Waals surface area contributed by atoms with Crippen LogP contribution in [0.3, 0.4) is 0 Å². The number of benzene rings is 2. The summed E-state index contributed by atoms with van der Waals surface area (Å²) in [6.07, 6.45) is 5.81. The first-order chi connectivity index (χ1) is 14.8. The first kappa shape index (κ1) is 26.8. The van der Waals surface area contributed by atoms with Gasteiger partial charge in [0.15, 0.2) is 5.78 Å². The molecular weight excluding hydrogens is 467 g/mol. The first-order valence-corrected chi connectivity index (χ1v) is 13.1. The molecule has 32 heavy (non-hydrogen) atoms. The van der Waals surface area contributed by atoms with Crippen molar-refractivity contribution in [2.75, 3.05) is 32.4 Å². The molecule has 1 N–H and O–H groups in total. The number of nitrogens with zero attached hydrogens (tertiary/aromatic N) is 1. The number of ketones is 1. The molecule has 0 fully saturated rings. The van der Waals surface area contributed by atoms with Crippen LogP contribution in [0.15, 0.2) is 42.5 Å². The molecule has 0 amide bonds. The van der Waals surface area contributed by atoms with Crippen LogP contribution in [0.2, 0.25) is 5.02 Å². The molecule has 1 aliphatic heterocycles. The molecule has 1 heterocycles. The van der Waals surface area contributed by atoms with Crippen molar-refractivity contribution in [1.82, 2.24) is 9.62 Å².